The van der Waals surface area contributed by atoms with Crippen LogP contribution in [0, 0.1) is 0 Å². The maximum atomic E-state index is 4.80. The van der Waals surface area contributed by atoms with Crippen molar-refractivity contribution in [2.45, 2.75) is 65.3 Å². The Morgan fingerprint density at radius 3 is 2.34 bits per heavy atom. The highest BCUT2D eigenvalue weighted by Crippen LogP contribution is 2.21. The largest absolute Gasteiger partial charge is 0.256 e. The maximum Gasteiger partial charge on any atom is 0.204 e. The fourth-order valence-electron chi connectivity index (χ4n) is 3.62. The normalized spacial score (nSPS) is 11.2. The minimum Gasteiger partial charge on any atom is -0.256 e. The van der Waals surface area contributed by atoms with Gasteiger partial charge in [0.1, 0.15) is 5.82 Å². The Labute approximate surface area is 188 Å². The van der Waals surface area contributed by atoms with Crippen LogP contribution in [0.5, 0.6) is 0 Å². The van der Waals surface area contributed by atoms with Gasteiger partial charge in [0.2, 0.25) is 5.82 Å². The van der Waals surface area contributed by atoms with Crippen LogP contribution in [0.3, 0.4) is 0 Å². The molecule has 0 aliphatic rings. The summed E-state index contributed by atoms with van der Waals surface area (Å²) >= 11 is 0. The van der Waals surface area contributed by atoms with E-state index < -0.39 is 0 Å². The van der Waals surface area contributed by atoms with Gasteiger partial charge in [0, 0.05) is 36.7 Å². The van der Waals surface area contributed by atoms with Gasteiger partial charge >= 0.3 is 0 Å². The number of rotatable bonds is 11. The molecule has 8 nitrogen and oxygen atoms in total. The van der Waals surface area contributed by atoms with Gasteiger partial charge in [-0.05, 0) is 36.1 Å². The number of aromatic nitrogens is 8. The second kappa shape index (κ2) is 10.7. The van der Waals surface area contributed by atoms with Crippen molar-refractivity contribution in [2.24, 2.45) is 0 Å². The lowest BCUT2D eigenvalue weighted by molar-refractivity contribution is 0.563. The molecule has 4 rings (SSSR count). The SMILES string of the molecule is CCCCc1nc(CCCC)n(CCc2ccc(-c3ccc(-c4nn[nH]n4)cc3)nc2)n1. The van der Waals surface area contributed by atoms with Crippen molar-refractivity contribution in [1.82, 2.24) is 40.4 Å². The van der Waals surface area contributed by atoms with Crippen LogP contribution in [0.4, 0.5) is 0 Å². The summed E-state index contributed by atoms with van der Waals surface area (Å²) in [6.07, 6.45) is 9.42. The minimum absolute atomic E-state index is 0.587. The van der Waals surface area contributed by atoms with E-state index in [4.69, 9.17) is 10.1 Å². The summed E-state index contributed by atoms with van der Waals surface area (Å²) in [5.74, 6) is 2.68. The molecule has 0 saturated carbocycles. The number of nitrogens with zero attached hydrogens (tertiary/aromatic N) is 7. The zero-order valence-corrected chi connectivity index (χ0v) is 18.8. The highest BCUT2D eigenvalue weighted by Gasteiger charge is 2.10. The summed E-state index contributed by atoms with van der Waals surface area (Å²) < 4.78 is 2.10. The van der Waals surface area contributed by atoms with Gasteiger partial charge in [0.25, 0.3) is 0 Å². The van der Waals surface area contributed by atoms with Crippen LogP contribution in [0.25, 0.3) is 22.6 Å². The first-order valence-electron chi connectivity index (χ1n) is 11.5. The molecule has 0 bridgehead atoms. The lowest BCUT2D eigenvalue weighted by Crippen LogP contribution is -2.08. The Morgan fingerprint density at radius 2 is 1.66 bits per heavy atom. The number of tetrazole rings is 1. The van der Waals surface area contributed by atoms with Crippen LogP contribution in [0.1, 0.15) is 56.7 Å². The number of hydrogen-bond acceptors (Lipinski definition) is 6. The smallest absolute Gasteiger partial charge is 0.204 e. The van der Waals surface area contributed by atoms with Crippen molar-refractivity contribution < 1.29 is 0 Å². The average molecular weight is 431 g/mol. The molecule has 0 radical (unpaired) electrons. The van der Waals surface area contributed by atoms with E-state index >= 15 is 0 Å². The number of H-pyrrole nitrogens is 1. The number of aryl methyl sites for hydroxylation is 4. The van der Waals surface area contributed by atoms with Gasteiger partial charge in [-0.25, -0.2) is 9.67 Å². The quantitative estimate of drug-likeness (QED) is 0.377. The van der Waals surface area contributed by atoms with E-state index in [9.17, 15) is 0 Å². The van der Waals surface area contributed by atoms with Gasteiger partial charge in [-0.3, -0.25) is 4.98 Å². The number of aromatic amines is 1. The van der Waals surface area contributed by atoms with Crippen LogP contribution in [-0.2, 0) is 25.8 Å². The molecule has 166 valence electrons. The summed E-state index contributed by atoms with van der Waals surface area (Å²) in [4.78, 5) is 9.47. The third-order valence-corrected chi connectivity index (χ3v) is 5.52. The zero-order valence-electron chi connectivity index (χ0n) is 18.8. The predicted octanol–water partition coefficient (Wildman–Crippen LogP) is 4.45. The molecule has 1 aromatic carbocycles. The molecule has 0 aliphatic carbocycles. The number of pyridine rings is 1. The van der Waals surface area contributed by atoms with E-state index in [0.717, 1.165) is 73.5 Å². The molecule has 1 N–H and O–H groups in total. The van der Waals surface area contributed by atoms with E-state index in [1.807, 2.05) is 30.5 Å². The molecule has 4 aromatic rings. The number of hydrogen-bond donors (Lipinski definition) is 1. The lowest BCUT2D eigenvalue weighted by Gasteiger charge is -2.07. The molecule has 0 unspecified atom stereocenters. The lowest BCUT2D eigenvalue weighted by atomic mass is 10.1. The molecule has 3 heterocycles. The van der Waals surface area contributed by atoms with E-state index in [1.54, 1.807) is 0 Å². The van der Waals surface area contributed by atoms with Crippen LogP contribution in [0.2, 0.25) is 0 Å². The molecule has 0 amide bonds. The molecule has 0 saturated heterocycles. The van der Waals surface area contributed by atoms with Gasteiger partial charge in [0.05, 0.1) is 5.69 Å². The summed E-state index contributed by atoms with van der Waals surface area (Å²) in [7, 11) is 0. The fraction of sp³-hybridized carbons (Fsp3) is 0.417. The Hall–Kier alpha value is -3.42. The van der Waals surface area contributed by atoms with E-state index in [-0.39, 0.29) is 0 Å². The Bertz CT molecular complexity index is 1080. The minimum atomic E-state index is 0.587. The summed E-state index contributed by atoms with van der Waals surface area (Å²) in [6, 6.07) is 12.2. The molecule has 32 heavy (non-hydrogen) atoms. The maximum absolute atomic E-state index is 4.80. The van der Waals surface area contributed by atoms with Gasteiger partial charge < -0.3 is 0 Å². The number of nitrogens with one attached hydrogen (secondary N) is 1. The molecule has 0 aliphatic heterocycles. The summed E-state index contributed by atoms with van der Waals surface area (Å²) in [6.45, 7) is 5.25. The van der Waals surface area contributed by atoms with E-state index in [0.29, 0.717) is 5.82 Å². The van der Waals surface area contributed by atoms with Crippen molar-refractivity contribution in [1.29, 1.82) is 0 Å². The summed E-state index contributed by atoms with van der Waals surface area (Å²) in [5, 5.41) is 18.9. The van der Waals surface area contributed by atoms with Gasteiger partial charge in [-0.1, -0.05) is 57.0 Å². The van der Waals surface area contributed by atoms with Crippen LogP contribution in [-0.4, -0.2) is 40.4 Å². The van der Waals surface area contributed by atoms with E-state index in [1.165, 1.54) is 12.0 Å². The Balaban J connectivity index is 1.40. The van der Waals surface area contributed by atoms with Crippen molar-refractivity contribution >= 4 is 0 Å². The first kappa shape index (κ1) is 21.8. The predicted molar refractivity (Wildman–Crippen MR) is 124 cm³/mol. The molecule has 0 fully saturated rings. The Morgan fingerprint density at radius 1 is 0.875 bits per heavy atom. The third kappa shape index (κ3) is 5.43. The second-order valence-electron chi connectivity index (χ2n) is 7.99. The topological polar surface area (TPSA) is 98.1 Å². The third-order valence-electron chi connectivity index (χ3n) is 5.52. The Kier molecular flexibility index (Phi) is 7.32. The summed E-state index contributed by atoms with van der Waals surface area (Å²) in [5.41, 5.74) is 4.12. The molecule has 0 atom stereocenters. The first-order chi connectivity index (χ1) is 15.8. The number of unbranched alkanes of at least 4 members (excludes halogenated alkanes) is 2. The standard InChI is InChI=1S/C24H30N8/c1-3-5-7-22-26-23(8-6-4-2)32(29-22)16-15-18-9-14-21(25-17-18)19-10-12-20(13-11-19)24-27-30-31-28-24/h9-14,17H,3-8,15-16H2,1-2H3,(H,27,28,30,31). The van der Waals surface area contributed by atoms with Crippen molar-refractivity contribution in [3.8, 4) is 22.6 Å². The highest BCUT2D eigenvalue weighted by atomic mass is 15.5. The molecular formula is C24H30N8. The van der Waals surface area contributed by atoms with Gasteiger partial charge in [0.15, 0.2) is 5.82 Å². The van der Waals surface area contributed by atoms with Crippen LogP contribution >= 0.6 is 0 Å². The van der Waals surface area contributed by atoms with Gasteiger partial charge in [-0.2, -0.15) is 10.3 Å². The second-order valence-corrected chi connectivity index (χ2v) is 7.99. The van der Waals surface area contributed by atoms with Crippen LogP contribution in [0.15, 0.2) is 42.6 Å². The number of benzene rings is 1. The van der Waals surface area contributed by atoms with E-state index in [2.05, 4.69) is 56.3 Å². The first-order valence-corrected chi connectivity index (χ1v) is 11.5. The molecule has 3 aromatic heterocycles. The van der Waals surface area contributed by atoms with Gasteiger partial charge in [-0.15, -0.1) is 10.2 Å². The van der Waals surface area contributed by atoms with Crippen molar-refractivity contribution in [3.05, 3.63) is 59.8 Å². The molecule has 0 spiro atoms. The monoisotopic (exact) mass is 430 g/mol. The average Bonchev–Trinajstić information content (AvgIpc) is 3.51. The van der Waals surface area contributed by atoms with Crippen molar-refractivity contribution in [2.75, 3.05) is 0 Å². The molecule has 8 heteroatoms. The highest BCUT2D eigenvalue weighted by molar-refractivity contribution is 5.64. The van der Waals surface area contributed by atoms with Crippen LogP contribution < -0.4 is 0 Å². The van der Waals surface area contributed by atoms with Crippen molar-refractivity contribution in [3.63, 3.8) is 0 Å². The molecular weight excluding hydrogens is 400 g/mol. The fourth-order valence-corrected chi connectivity index (χ4v) is 3.62. The zero-order chi connectivity index (χ0) is 22.2.